The Morgan fingerprint density at radius 3 is 2.87 bits per heavy atom. The molecule has 6 nitrogen and oxygen atoms in total. The molecule has 6 heteroatoms. The molecule has 0 aliphatic rings. The predicted octanol–water partition coefficient (Wildman–Crippen LogP) is 0.0975. The number of hydrogen-bond acceptors (Lipinski definition) is 5. The second-order valence-corrected chi connectivity index (χ2v) is 3.14. The van der Waals surface area contributed by atoms with E-state index in [9.17, 15) is 9.59 Å². The van der Waals surface area contributed by atoms with E-state index in [-0.39, 0.29) is 24.5 Å². The highest BCUT2D eigenvalue weighted by molar-refractivity contribution is 5.83. The van der Waals surface area contributed by atoms with Crippen LogP contribution in [0.25, 0.3) is 0 Å². The van der Waals surface area contributed by atoms with Crippen LogP contribution < -0.4 is 5.32 Å². The third-order valence-corrected chi connectivity index (χ3v) is 1.77. The lowest BCUT2D eigenvalue weighted by atomic mass is 10.2. The highest BCUT2D eigenvalue weighted by atomic mass is 16.5. The smallest absolute Gasteiger partial charge is 0.228 e. The Bertz CT molecular complexity index is 321. The molecule has 1 amide bonds. The molecule has 0 aromatic carbocycles. The first kappa shape index (κ1) is 11.4. The maximum atomic E-state index is 11.1. The minimum atomic E-state index is -0.135. The van der Waals surface area contributed by atoms with Crippen molar-refractivity contribution >= 4 is 11.7 Å². The zero-order chi connectivity index (χ0) is 11.1. The van der Waals surface area contributed by atoms with Crippen molar-refractivity contribution in [3.05, 3.63) is 12.2 Å². The van der Waals surface area contributed by atoms with E-state index >= 15 is 0 Å². The number of hydrogen-bond donors (Lipinski definition) is 1. The Morgan fingerprint density at radius 2 is 2.27 bits per heavy atom. The molecule has 82 valence electrons. The van der Waals surface area contributed by atoms with Gasteiger partial charge in [0.15, 0.2) is 6.33 Å². The summed E-state index contributed by atoms with van der Waals surface area (Å²) >= 11 is 0. The van der Waals surface area contributed by atoms with E-state index in [0.29, 0.717) is 18.9 Å². The van der Waals surface area contributed by atoms with Gasteiger partial charge >= 0.3 is 0 Å². The Hall–Kier alpha value is -1.72. The van der Waals surface area contributed by atoms with Gasteiger partial charge in [-0.05, 0) is 6.92 Å². The lowest BCUT2D eigenvalue weighted by molar-refractivity contribution is -0.124. The minimum absolute atomic E-state index is 0.0158. The summed E-state index contributed by atoms with van der Waals surface area (Å²) in [6, 6.07) is 0. The van der Waals surface area contributed by atoms with Crippen molar-refractivity contribution in [2.24, 2.45) is 0 Å². The van der Waals surface area contributed by atoms with Gasteiger partial charge in [0, 0.05) is 25.8 Å². The second-order valence-electron chi connectivity index (χ2n) is 3.14. The van der Waals surface area contributed by atoms with Gasteiger partial charge in [0.2, 0.25) is 11.8 Å². The zero-order valence-corrected chi connectivity index (χ0v) is 8.52. The molecule has 0 bridgehead atoms. The molecule has 0 fully saturated rings. The van der Waals surface area contributed by atoms with Crippen molar-refractivity contribution in [2.45, 2.75) is 26.2 Å². The number of amides is 1. The molecule has 0 unspecified atom stereocenters. The summed E-state index contributed by atoms with van der Waals surface area (Å²) in [5.41, 5.74) is 0. The maximum absolute atomic E-state index is 11.1. The van der Waals surface area contributed by atoms with E-state index in [1.54, 1.807) is 0 Å². The van der Waals surface area contributed by atoms with Crippen LogP contribution in [0.5, 0.6) is 0 Å². The summed E-state index contributed by atoms with van der Waals surface area (Å²) in [6.07, 6.45) is 2.34. The monoisotopic (exact) mass is 211 g/mol. The largest absolute Gasteiger partial charge is 0.356 e. The first-order valence-corrected chi connectivity index (χ1v) is 4.70. The Morgan fingerprint density at radius 1 is 1.47 bits per heavy atom. The Balaban J connectivity index is 2.09. The van der Waals surface area contributed by atoms with Gasteiger partial charge in [0.05, 0.1) is 0 Å². The number of aromatic nitrogens is 2. The fourth-order valence-electron chi connectivity index (χ4n) is 0.993. The summed E-state index contributed by atoms with van der Waals surface area (Å²) in [5.74, 6) is 0.369. The van der Waals surface area contributed by atoms with Crippen molar-refractivity contribution < 1.29 is 14.1 Å². The number of Topliss-reactive ketones (excluding diaryl/α,β-unsaturated/α-hetero) is 1. The van der Waals surface area contributed by atoms with Crippen LogP contribution in [0.4, 0.5) is 0 Å². The second kappa shape index (κ2) is 5.90. The van der Waals surface area contributed by atoms with Gasteiger partial charge in [-0.1, -0.05) is 5.16 Å². The molecular formula is C9H13N3O3. The van der Waals surface area contributed by atoms with E-state index in [2.05, 4.69) is 15.5 Å². The van der Waals surface area contributed by atoms with Crippen molar-refractivity contribution in [3.63, 3.8) is 0 Å². The summed E-state index contributed by atoms with van der Waals surface area (Å²) in [5, 5.41) is 6.09. The van der Waals surface area contributed by atoms with E-state index in [4.69, 9.17) is 4.52 Å². The molecule has 1 heterocycles. The zero-order valence-electron chi connectivity index (χ0n) is 8.52. The van der Waals surface area contributed by atoms with Gasteiger partial charge in [0.25, 0.3) is 0 Å². The van der Waals surface area contributed by atoms with Crippen LogP contribution in [0.1, 0.15) is 25.7 Å². The van der Waals surface area contributed by atoms with Crippen LogP contribution in [0.15, 0.2) is 10.9 Å². The van der Waals surface area contributed by atoms with Crippen LogP contribution in [0.3, 0.4) is 0 Å². The van der Waals surface area contributed by atoms with Gasteiger partial charge < -0.3 is 14.6 Å². The number of carbonyl (C=O) groups excluding carboxylic acids is 2. The number of nitrogens with zero attached hydrogens (tertiary/aromatic N) is 2. The van der Waals surface area contributed by atoms with Gasteiger partial charge in [-0.25, -0.2) is 0 Å². The average molecular weight is 211 g/mol. The molecule has 1 N–H and O–H groups in total. The normalized spacial score (nSPS) is 9.93. The van der Waals surface area contributed by atoms with E-state index in [1.807, 2.05) is 0 Å². The molecule has 0 radical (unpaired) electrons. The van der Waals surface area contributed by atoms with E-state index in [1.165, 1.54) is 13.3 Å². The molecule has 0 atom stereocenters. The van der Waals surface area contributed by atoms with Crippen LogP contribution in [-0.2, 0) is 16.0 Å². The first-order chi connectivity index (χ1) is 7.18. The molecule has 1 rings (SSSR count). The average Bonchev–Trinajstić information content (AvgIpc) is 2.67. The quantitative estimate of drug-likeness (QED) is 0.721. The molecule has 1 aromatic rings. The van der Waals surface area contributed by atoms with Gasteiger partial charge in [-0.3, -0.25) is 4.79 Å². The van der Waals surface area contributed by atoms with E-state index in [0.717, 1.165) is 0 Å². The molecular weight excluding hydrogens is 198 g/mol. The number of carbonyl (C=O) groups is 2. The predicted molar refractivity (Wildman–Crippen MR) is 50.9 cm³/mol. The van der Waals surface area contributed by atoms with Crippen LogP contribution in [-0.4, -0.2) is 28.4 Å². The standard InChI is InChI=1S/C9H13N3O3/c1-7(13)2-3-8(14)10-5-4-9-11-6-12-15-9/h6H,2-5H2,1H3,(H,10,14). The fraction of sp³-hybridized carbons (Fsp3) is 0.556. The van der Waals surface area contributed by atoms with Crippen molar-refractivity contribution in [2.75, 3.05) is 6.54 Å². The highest BCUT2D eigenvalue weighted by Gasteiger charge is 2.04. The lowest BCUT2D eigenvalue weighted by Crippen LogP contribution is -2.25. The van der Waals surface area contributed by atoms with Crippen molar-refractivity contribution in [1.82, 2.24) is 15.5 Å². The molecule has 0 aliphatic heterocycles. The molecule has 0 saturated carbocycles. The van der Waals surface area contributed by atoms with E-state index < -0.39 is 0 Å². The topological polar surface area (TPSA) is 85.1 Å². The Kier molecular flexibility index (Phi) is 4.46. The van der Waals surface area contributed by atoms with Crippen molar-refractivity contribution in [3.8, 4) is 0 Å². The van der Waals surface area contributed by atoms with Gasteiger partial charge in [-0.2, -0.15) is 4.98 Å². The van der Waals surface area contributed by atoms with Crippen LogP contribution >= 0.6 is 0 Å². The third kappa shape index (κ3) is 4.90. The summed E-state index contributed by atoms with van der Waals surface area (Å²) < 4.78 is 4.75. The van der Waals surface area contributed by atoms with Gasteiger partial charge in [0.1, 0.15) is 5.78 Å². The fourth-order valence-corrected chi connectivity index (χ4v) is 0.993. The lowest BCUT2D eigenvalue weighted by Gasteiger charge is -2.01. The molecule has 15 heavy (non-hydrogen) atoms. The van der Waals surface area contributed by atoms with Crippen LogP contribution in [0.2, 0.25) is 0 Å². The minimum Gasteiger partial charge on any atom is -0.356 e. The summed E-state index contributed by atoms with van der Waals surface area (Å²) in [4.78, 5) is 25.5. The SMILES string of the molecule is CC(=O)CCC(=O)NCCc1ncno1. The van der Waals surface area contributed by atoms with Crippen molar-refractivity contribution in [1.29, 1.82) is 0 Å². The number of ketones is 1. The molecule has 0 spiro atoms. The molecule has 1 aromatic heterocycles. The maximum Gasteiger partial charge on any atom is 0.228 e. The molecule has 0 aliphatic carbocycles. The number of rotatable bonds is 6. The number of nitrogens with one attached hydrogen (secondary N) is 1. The Labute approximate surface area is 87.0 Å². The third-order valence-electron chi connectivity index (χ3n) is 1.77. The molecule has 0 saturated heterocycles. The summed E-state index contributed by atoms with van der Waals surface area (Å²) in [7, 11) is 0. The van der Waals surface area contributed by atoms with Gasteiger partial charge in [-0.15, -0.1) is 0 Å². The first-order valence-electron chi connectivity index (χ1n) is 4.70. The summed E-state index contributed by atoms with van der Waals surface area (Å²) in [6.45, 7) is 1.91. The highest BCUT2D eigenvalue weighted by Crippen LogP contribution is 1.92. The van der Waals surface area contributed by atoms with Crippen LogP contribution in [0, 0.1) is 0 Å².